The Morgan fingerprint density at radius 2 is 2.09 bits per heavy atom. The molecule has 2 atom stereocenters. The number of carbonyl (C=O) groups excluding carboxylic acids is 1. The smallest absolute Gasteiger partial charge is 0.220 e. The minimum Gasteiger partial charge on any atom is -0.393 e. The Bertz CT molecular complexity index is 489. The van der Waals surface area contributed by atoms with Crippen molar-refractivity contribution in [3.8, 4) is 0 Å². The quantitative estimate of drug-likeness (QED) is 0.771. The summed E-state index contributed by atoms with van der Waals surface area (Å²) in [6.07, 6.45) is 1.72. The molecule has 5 heteroatoms. The second kappa shape index (κ2) is 8.43. The second-order valence-electron chi connectivity index (χ2n) is 6.48. The van der Waals surface area contributed by atoms with Gasteiger partial charge in [-0.05, 0) is 38.7 Å². The lowest BCUT2D eigenvalue weighted by atomic mass is 10.1. The SMILES string of the molecule is CC1(C)OC[C@H](CC[C@@H](O)CCC(=O)NCc2ccccc2)O1. The van der Waals surface area contributed by atoms with Crippen LogP contribution >= 0.6 is 0 Å². The van der Waals surface area contributed by atoms with Crippen molar-refractivity contribution in [1.29, 1.82) is 0 Å². The Morgan fingerprint density at radius 1 is 1.35 bits per heavy atom. The van der Waals surface area contributed by atoms with E-state index in [0.717, 1.165) is 12.0 Å². The third-order valence-corrected chi connectivity index (χ3v) is 3.93. The molecule has 1 fully saturated rings. The molecule has 0 radical (unpaired) electrons. The molecule has 0 bridgehead atoms. The Hall–Kier alpha value is -1.43. The van der Waals surface area contributed by atoms with Gasteiger partial charge in [0.1, 0.15) is 0 Å². The van der Waals surface area contributed by atoms with Crippen LogP contribution in [-0.2, 0) is 20.8 Å². The molecule has 1 aromatic rings. The van der Waals surface area contributed by atoms with Crippen molar-refractivity contribution in [3.63, 3.8) is 0 Å². The summed E-state index contributed by atoms with van der Waals surface area (Å²) in [5.74, 6) is -0.554. The van der Waals surface area contributed by atoms with E-state index in [1.807, 2.05) is 44.2 Å². The molecule has 2 rings (SSSR count). The minimum absolute atomic E-state index is 0.0329. The van der Waals surface area contributed by atoms with Gasteiger partial charge in [-0.1, -0.05) is 30.3 Å². The normalized spacial score (nSPS) is 21.1. The fraction of sp³-hybridized carbons (Fsp3) is 0.611. The Balaban J connectivity index is 1.57. The molecule has 0 spiro atoms. The highest BCUT2D eigenvalue weighted by atomic mass is 16.7. The maximum atomic E-state index is 11.8. The lowest BCUT2D eigenvalue weighted by Gasteiger charge is -2.18. The molecular weight excluding hydrogens is 294 g/mol. The van der Waals surface area contributed by atoms with Gasteiger partial charge in [-0.15, -0.1) is 0 Å². The summed E-state index contributed by atoms with van der Waals surface area (Å²) in [5.41, 5.74) is 1.07. The topological polar surface area (TPSA) is 67.8 Å². The van der Waals surface area contributed by atoms with E-state index in [1.54, 1.807) is 0 Å². The molecule has 0 saturated carbocycles. The molecule has 1 aromatic carbocycles. The number of rotatable bonds is 8. The summed E-state index contributed by atoms with van der Waals surface area (Å²) in [6, 6.07) is 9.78. The Morgan fingerprint density at radius 3 is 2.74 bits per heavy atom. The van der Waals surface area contributed by atoms with E-state index < -0.39 is 11.9 Å². The fourth-order valence-corrected chi connectivity index (χ4v) is 2.61. The molecule has 1 aliphatic rings. The van der Waals surface area contributed by atoms with Crippen LogP contribution in [0, 0.1) is 0 Å². The van der Waals surface area contributed by atoms with E-state index in [2.05, 4.69) is 5.32 Å². The van der Waals surface area contributed by atoms with Crippen LogP contribution in [-0.4, -0.2) is 35.6 Å². The standard InChI is InChI=1S/C18H27NO4/c1-18(2)22-13-16(23-18)10-8-15(20)9-11-17(21)19-12-14-6-4-3-5-7-14/h3-7,15-16,20H,8-13H2,1-2H3,(H,19,21)/t15-,16+/m1/s1. The first-order valence-electron chi connectivity index (χ1n) is 8.25. The number of benzene rings is 1. The molecule has 1 heterocycles. The highest BCUT2D eigenvalue weighted by Gasteiger charge is 2.32. The molecule has 1 amide bonds. The van der Waals surface area contributed by atoms with Crippen LogP contribution < -0.4 is 5.32 Å². The van der Waals surface area contributed by atoms with Crippen LogP contribution in [0.3, 0.4) is 0 Å². The van der Waals surface area contributed by atoms with Crippen LogP contribution in [0.15, 0.2) is 30.3 Å². The van der Waals surface area contributed by atoms with Crippen molar-refractivity contribution in [1.82, 2.24) is 5.32 Å². The third-order valence-electron chi connectivity index (χ3n) is 3.93. The van der Waals surface area contributed by atoms with Crippen LogP contribution in [0.5, 0.6) is 0 Å². The number of nitrogens with one attached hydrogen (secondary N) is 1. The monoisotopic (exact) mass is 321 g/mol. The van der Waals surface area contributed by atoms with Gasteiger partial charge in [-0.25, -0.2) is 0 Å². The number of carbonyl (C=O) groups is 1. The van der Waals surface area contributed by atoms with Crippen molar-refractivity contribution in [2.24, 2.45) is 0 Å². The first-order chi connectivity index (χ1) is 10.9. The highest BCUT2D eigenvalue weighted by Crippen LogP contribution is 2.25. The number of amides is 1. The van der Waals surface area contributed by atoms with Gasteiger partial charge in [-0.2, -0.15) is 0 Å². The third kappa shape index (κ3) is 6.69. The fourth-order valence-electron chi connectivity index (χ4n) is 2.61. The average Bonchev–Trinajstić information content (AvgIpc) is 2.89. The summed E-state index contributed by atoms with van der Waals surface area (Å²) >= 11 is 0. The van der Waals surface area contributed by atoms with Crippen molar-refractivity contribution in [2.75, 3.05) is 6.61 Å². The predicted molar refractivity (Wildman–Crippen MR) is 87.7 cm³/mol. The molecule has 2 N–H and O–H groups in total. The molecule has 0 aliphatic carbocycles. The number of aliphatic hydroxyl groups excluding tert-OH is 1. The molecular formula is C18H27NO4. The summed E-state index contributed by atoms with van der Waals surface area (Å²) in [5, 5.41) is 12.9. The summed E-state index contributed by atoms with van der Waals surface area (Å²) in [4.78, 5) is 11.8. The van der Waals surface area contributed by atoms with Crippen molar-refractivity contribution in [3.05, 3.63) is 35.9 Å². The number of hydrogen-bond acceptors (Lipinski definition) is 4. The second-order valence-corrected chi connectivity index (χ2v) is 6.48. The zero-order valence-electron chi connectivity index (χ0n) is 14.0. The maximum absolute atomic E-state index is 11.8. The van der Waals surface area contributed by atoms with Crippen LogP contribution in [0.4, 0.5) is 0 Å². The first-order valence-corrected chi connectivity index (χ1v) is 8.25. The zero-order chi connectivity index (χ0) is 16.7. The molecule has 5 nitrogen and oxygen atoms in total. The van der Waals surface area contributed by atoms with E-state index in [-0.39, 0.29) is 12.0 Å². The van der Waals surface area contributed by atoms with Crippen molar-refractivity contribution in [2.45, 2.75) is 64.1 Å². The van der Waals surface area contributed by atoms with E-state index in [4.69, 9.17) is 9.47 Å². The number of hydrogen-bond donors (Lipinski definition) is 2. The number of ether oxygens (including phenoxy) is 2. The molecule has 1 saturated heterocycles. The first kappa shape index (κ1) is 17.9. The lowest BCUT2D eigenvalue weighted by Crippen LogP contribution is -2.25. The van der Waals surface area contributed by atoms with Gasteiger partial charge >= 0.3 is 0 Å². The van der Waals surface area contributed by atoms with Gasteiger partial charge in [0.05, 0.1) is 18.8 Å². The summed E-state index contributed by atoms with van der Waals surface area (Å²) in [6.45, 7) is 4.87. The van der Waals surface area contributed by atoms with Crippen LogP contribution in [0.25, 0.3) is 0 Å². The highest BCUT2D eigenvalue weighted by molar-refractivity contribution is 5.75. The summed E-state index contributed by atoms with van der Waals surface area (Å²) in [7, 11) is 0. The molecule has 0 aromatic heterocycles. The van der Waals surface area contributed by atoms with Gasteiger partial charge in [0.15, 0.2) is 5.79 Å². The number of aliphatic hydroxyl groups is 1. The van der Waals surface area contributed by atoms with E-state index in [0.29, 0.717) is 32.4 Å². The lowest BCUT2D eigenvalue weighted by molar-refractivity contribution is -0.139. The molecule has 1 aliphatic heterocycles. The van der Waals surface area contributed by atoms with Gasteiger partial charge in [-0.3, -0.25) is 4.79 Å². The average molecular weight is 321 g/mol. The molecule has 128 valence electrons. The predicted octanol–water partition coefficient (Wildman–Crippen LogP) is 2.38. The summed E-state index contributed by atoms with van der Waals surface area (Å²) < 4.78 is 11.2. The largest absolute Gasteiger partial charge is 0.393 e. The molecule has 23 heavy (non-hydrogen) atoms. The zero-order valence-corrected chi connectivity index (χ0v) is 14.0. The van der Waals surface area contributed by atoms with Crippen LogP contribution in [0.2, 0.25) is 0 Å². The van der Waals surface area contributed by atoms with E-state index in [1.165, 1.54) is 0 Å². The maximum Gasteiger partial charge on any atom is 0.220 e. The molecule has 0 unspecified atom stereocenters. The van der Waals surface area contributed by atoms with Gasteiger partial charge < -0.3 is 19.9 Å². The van der Waals surface area contributed by atoms with Crippen LogP contribution in [0.1, 0.15) is 45.1 Å². The Labute approximate surface area is 138 Å². The van der Waals surface area contributed by atoms with Crippen molar-refractivity contribution < 1.29 is 19.4 Å². The minimum atomic E-state index is -0.521. The van der Waals surface area contributed by atoms with Gasteiger partial charge in [0.2, 0.25) is 5.91 Å². The van der Waals surface area contributed by atoms with Crippen molar-refractivity contribution >= 4 is 5.91 Å². The van der Waals surface area contributed by atoms with Gasteiger partial charge in [0, 0.05) is 13.0 Å². The van der Waals surface area contributed by atoms with E-state index in [9.17, 15) is 9.90 Å². The Kier molecular flexibility index (Phi) is 6.57. The van der Waals surface area contributed by atoms with E-state index >= 15 is 0 Å². The van der Waals surface area contributed by atoms with Gasteiger partial charge in [0.25, 0.3) is 0 Å².